The number of aromatic hydroxyl groups is 1. The van der Waals surface area contributed by atoms with Gasteiger partial charge in [-0.3, -0.25) is 10.1 Å². The highest BCUT2D eigenvalue weighted by molar-refractivity contribution is 5.57. The summed E-state index contributed by atoms with van der Waals surface area (Å²) in [6.45, 7) is 5.35. The molecule has 21 heavy (non-hydrogen) atoms. The summed E-state index contributed by atoms with van der Waals surface area (Å²) < 4.78 is 5.00. The highest BCUT2D eigenvalue weighted by Gasteiger charge is 2.22. The molecule has 0 aliphatic rings. The number of nitro benzene ring substituents is 1. The maximum absolute atomic E-state index is 11.0. The molecule has 7 nitrogen and oxygen atoms in total. The van der Waals surface area contributed by atoms with Crippen LogP contribution in [0.25, 0.3) is 0 Å². The van der Waals surface area contributed by atoms with E-state index in [-0.39, 0.29) is 17.5 Å². The van der Waals surface area contributed by atoms with Crippen molar-refractivity contribution in [3.8, 4) is 11.5 Å². The van der Waals surface area contributed by atoms with Crippen LogP contribution in [0.4, 0.5) is 5.69 Å². The second-order valence-corrected chi connectivity index (χ2v) is 5.22. The van der Waals surface area contributed by atoms with Crippen LogP contribution >= 0.6 is 0 Å². The zero-order chi connectivity index (χ0) is 16.0. The molecular formula is C14H23N3O4. The number of methoxy groups -OCH3 is 1. The average molecular weight is 297 g/mol. The molecule has 0 heterocycles. The van der Waals surface area contributed by atoms with Crippen LogP contribution in [0, 0.1) is 16.0 Å². The number of hydrogen-bond acceptors (Lipinski definition) is 6. The fourth-order valence-corrected chi connectivity index (χ4v) is 2.13. The van der Waals surface area contributed by atoms with Crippen LogP contribution < -0.4 is 15.8 Å². The number of phenolic OH excluding ortho intramolecular Hbond substituents is 1. The van der Waals surface area contributed by atoms with E-state index in [1.54, 1.807) is 6.07 Å². The molecule has 0 spiro atoms. The molecule has 0 radical (unpaired) electrons. The first-order valence-electron chi connectivity index (χ1n) is 6.88. The standard InChI is InChI=1S/C14H23N3O4/c1-9(2)11(16-5-4-15)6-10-7-12(17(19)20)14(18)13(8-10)21-3/h7-9,11,16,18H,4-6,15H2,1-3H3. The number of rotatable bonds is 8. The van der Waals surface area contributed by atoms with Gasteiger partial charge in [0.1, 0.15) is 0 Å². The maximum atomic E-state index is 11.0. The molecule has 0 amide bonds. The summed E-state index contributed by atoms with van der Waals surface area (Å²) in [7, 11) is 1.37. The van der Waals surface area contributed by atoms with Crippen LogP contribution in [0.1, 0.15) is 19.4 Å². The van der Waals surface area contributed by atoms with Crippen molar-refractivity contribution in [2.24, 2.45) is 11.7 Å². The second-order valence-electron chi connectivity index (χ2n) is 5.22. The lowest BCUT2D eigenvalue weighted by molar-refractivity contribution is -0.386. The van der Waals surface area contributed by atoms with Crippen LogP contribution in [0.3, 0.4) is 0 Å². The van der Waals surface area contributed by atoms with E-state index < -0.39 is 10.7 Å². The van der Waals surface area contributed by atoms with Crippen LogP contribution in [0.15, 0.2) is 12.1 Å². The molecule has 7 heteroatoms. The van der Waals surface area contributed by atoms with Crippen LogP contribution in [0.2, 0.25) is 0 Å². The van der Waals surface area contributed by atoms with Crippen molar-refractivity contribution in [2.75, 3.05) is 20.2 Å². The Labute approximate surface area is 124 Å². The zero-order valence-corrected chi connectivity index (χ0v) is 12.6. The molecule has 118 valence electrons. The number of ether oxygens (including phenoxy) is 1. The van der Waals surface area contributed by atoms with Gasteiger partial charge in [-0.15, -0.1) is 0 Å². The highest BCUT2D eigenvalue weighted by Crippen LogP contribution is 2.37. The predicted molar refractivity (Wildman–Crippen MR) is 80.7 cm³/mol. The molecule has 1 aromatic carbocycles. The quantitative estimate of drug-likeness (QED) is 0.494. The highest BCUT2D eigenvalue weighted by atomic mass is 16.6. The molecule has 0 aliphatic carbocycles. The van der Waals surface area contributed by atoms with Gasteiger partial charge in [0.25, 0.3) is 0 Å². The summed E-state index contributed by atoms with van der Waals surface area (Å²) in [5, 5.41) is 24.1. The molecule has 0 aromatic heterocycles. The van der Waals surface area contributed by atoms with Gasteiger partial charge in [-0.25, -0.2) is 0 Å². The molecule has 0 saturated heterocycles. The van der Waals surface area contributed by atoms with E-state index in [4.69, 9.17) is 10.5 Å². The van der Waals surface area contributed by atoms with Gasteiger partial charge < -0.3 is 20.9 Å². The number of nitrogens with one attached hydrogen (secondary N) is 1. The monoisotopic (exact) mass is 297 g/mol. The molecule has 1 unspecified atom stereocenters. The summed E-state index contributed by atoms with van der Waals surface area (Å²) in [5.74, 6) is 0.0122. The third kappa shape index (κ3) is 4.57. The van der Waals surface area contributed by atoms with E-state index in [1.807, 2.05) is 0 Å². The smallest absolute Gasteiger partial charge is 0.314 e. The maximum Gasteiger partial charge on any atom is 0.314 e. The Morgan fingerprint density at radius 3 is 2.62 bits per heavy atom. The topological polar surface area (TPSA) is 111 Å². The average Bonchev–Trinajstić information content (AvgIpc) is 2.44. The lowest BCUT2D eigenvalue weighted by Gasteiger charge is -2.22. The SMILES string of the molecule is COc1cc(CC(NCCN)C(C)C)cc([N+](=O)[O-])c1O. The van der Waals surface area contributed by atoms with Crippen molar-refractivity contribution in [1.82, 2.24) is 5.32 Å². The fraction of sp³-hybridized carbons (Fsp3) is 0.571. The molecule has 1 aromatic rings. The van der Waals surface area contributed by atoms with E-state index in [2.05, 4.69) is 19.2 Å². The van der Waals surface area contributed by atoms with Crippen molar-refractivity contribution in [2.45, 2.75) is 26.3 Å². The van der Waals surface area contributed by atoms with Crippen molar-refractivity contribution in [3.05, 3.63) is 27.8 Å². The van der Waals surface area contributed by atoms with Gasteiger partial charge in [-0.05, 0) is 24.0 Å². The first kappa shape index (κ1) is 17.2. The molecule has 0 fully saturated rings. The summed E-state index contributed by atoms with van der Waals surface area (Å²) in [6.07, 6.45) is 0.592. The molecule has 0 saturated carbocycles. The molecular weight excluding hydrogens is 274 g/mol. The third-order valence-electron chi connectivity index (χ3n) is 3.34. The van der Waals surface area contributed by atoms with E-state index in [0.717, 1.165) is 5.56 Å². The number of nitro groups is 1. The number of phenols is 1. The third-order valence-corrected chi connectivity index (χ3v) is 3.34. The lowest BCUT2D eigenvalue weighted by atomic mass is 9.95. The number of hydrogen-bond donors (Lipinski definition) is 3. The van der Waals surface area contributed by atoms with Crippen molar-refractivity contribution in [1.29, 1.82) is 0 Å². The van der Waals surface area contributed by atoms with Gasteiger partial charge >= 0.3 is 5.69 Å². The Morgan fingerprint density at radius 1 is 1.48 bits per heavy atom. The van der Waals surface area contributed by atoms with Crippen molar-refractivity contribution < 1.29 is 14.8 Å². The Kier molecular flexibility index (Phi) is 6.39. The Balaban J connectivity index is 3.05. The van der Waals surface area contributed by atoms with Gasteiger partial charge in [0, 0.05) is 25.2 Å². The van der Waals surface area contributed by atoms with Crippen LogP contribution in [-0.4, -0.2) is 36.3 Å². The predicted octanol–water partition coefficient (Wildman–Crippen LogP) is 1.42. The largest absolute Gasteiger partial charge is 0.500 e. The van der Waals surface area contributed by atoms with Crippen LogP contribution in [-0.2, 0) is 6.42 Å². The van der Waals surface area contributed by atoms with Crippen molar-refractivity contribution >= 4 is 5.69 Å². The molecule has 0 aliphatic heterocycles. The molecule has 0 bridgehead atoms. The Bertz CT molecular complexity index is 491. The fourth-order valence-electron chi connectivity index (χ4n) is 2.13. The number of nitrogens with zero attached hydrogens (tertiary/aromatic N) is 1. The molecule has 4 N–H and O–H groups in total. The normalized spacial score (nSPS) is 12.4. The van der Waals surface area contributed by atoms with Crippen molar-refractivity contribution in [3.63, 3.8) is 0 Å². The van der Waals surface area contributed by atoms with Gasteiger partial charge in [0.2, 0.25) is 5.75 Å². The first-order chi connectivity index (χ1) is 9.90. The lowest BCUT2D eigenvalue weighted by Crippen LogP contribution is -2.38. The van der Waals surface area contributed by atoms with E-state index >= 15 is 0 Å². The summed E-state index contributed by atoms with van der Waals surface area (Å²) in [6, 6.07) is 3.15. The summed E-state index contributed by atoms with van der Waals surface area (Å²) in [4.78, 5) is 10.4. The minimum absolute atomic E-state index is 0.112. The second kappa shape index (κ2) is 7.80. The number of benzene rings is 1. The zero-order valence-electron chi connectivity index (χ0n) is 12.6. The molecule has 1 rings (SSSR count). The van der Waals surface area contributed by atoms with Gasteiger partial charge in [-0.1, -0.05) is 13.8 Å². The minimum atomic E-state index is -0.612. The molecule has 1 atom stereocenters. The summed E-state index contributed by atoms with van der Waals surface area (Å²) in [5.41, 5.74) is 5.89. The van der Waals surface area contributed by atoms with E-state index in [9.17, 15) is 15.2 Å². The minimum Gasteiger partial charge on any atom is -0.500 e. The van der Waals surface area contributed by atoms with Gasteiger partial charge in [0.05, 0.1) is 12.0 Å². The number of nitrogens with two attached hydrogens (primary N) is 1. The summed E-state index contributed by atoms with van der Waals surface area (Å²) >= 11 is 0. The Morgan fingerprint density at radius 2 is 2.14 bits per heavy atom. The van der Waals surface area contributed by atoms with Gasteiger partial charge in [-0.2, -0.15) is 0 Å². The van der Waals surface area contributed by atoms with E-state index in [1.165, 1.54) is 13.2 Å². The van der Waals surface area contributed by atoms with Crippen LogP contribution in [0.5, 0.6) is 11.5 Å². The van der Waals surface area contributed by atoms with Gasteiger partial charge in [0.15, 0.2) is 5.75 Å². The van der Waals surface area contributed by atoms with E-state index in [0.29, 0.717) is 25.4 Å². The first-order valence-corrected chi connectivity index (χ1v) is 6.88. The Hall–Kier alpha value is -1.86.